The van der Waals surface area contributed by atoms with Gasteiger partial charge >= 0.3 is 0 Å². The van der Waals surface area contributed by atoms with Crippen molar-refractivity contribution in [3.63, 3.8) is 0 Å². The van der Waals surface area contributed by atoms with Crippen LogP contribution in [-0.4, -0.2) is 11.9 Å². The molecule has 0 aliphatic carbocycles. The molecule has 90 valence electrons. The summed E-state index contributed by atoms with van der Waals surface area (Å²) in [7, 11) is 0. The van der Waals surface area contributed by atoms with Gasteiger partial charge in [-0.15, -0.1) is 0 Å². The molecule has 1 aromatic carbocycles. The maximum atomic E-state index is 13.2. The maximum absolute atomic E-state index is 13.2. The average molecular weight is 353 g/mol. The zero-order valence-electron chi connectivity index (χ0n) is 9.11. The van der Waals surface area contributed by atoms with Crippen LogP contribution in [0.15, 0.2) is 22.7 Å². The van der Waals surface area contributed by atoms with Crippen molar-refractivity contribution in [2.75, 3.05) is 11.9 Å². The quantitative estimate of drug-likeness (QED) is 0.571. The number of unbranched alkanes of at least 4 members (excludes halogenated alkanes) is 2. The van der Waals surface area contributed by atoms with E-state index in [1.165, 1.54) is 25.3 Å². The zero-order chi connectivity index (χ0) is 11.8. The normalized spacial score (nSPS) is 10.7. The van der Waals surface area contributed by atoms with Gasteiger partial charge in [0.25, 0.3) is 0 Å². The van der Waals surface area contributed by atoms with Crippen LogP contribution in [0.2, 0.25) is 0 Å². The molecule has 0 unspecified atom stereocenters. The Morgan fingerprint density at radius 3 is 2.75 bits per heavy atom. The highest BCUT2D eigenvalue weighted by molar-refractivity contribution is 9.10. The van der Waals surface area contributed by atoms with Crippen LogP contribution < -0.4 is 5.32 Å². The van der Waals surface area contributed by atoms with E-state index < -0.39 is 0 Å². The summed E-state index contributed by atoms with van der Waals surface area (Å²) in [5.74, 6) is -0.196. The van der Waals surface area contributed by atoms with Gasteiger partial charge in [-0.3, -0.25) is 0 Å². The Morgan fingerprint density at radius 1 is 1.19 bits per heavy atom. The van der Waals surface area contributed by atoms with Gasteiger partial charge in [0.05, 0.1) is 4.47 Å². The van der Waals surface area contributed by atoms with Gasteiger partial charge in [-0.05, 0) is 46.9 Å². The molecule has 0 bridgehead atoms. The van der Waals surface area contributed by atoms with Gasteiger partial charge in [0, 0.05) is 11.9 Å². The number of alkyl halides is 1. The number of nitrogens with one attached hydrogen (secondary N) is 1. The van der Waals surface area contributed by atoms with Gasteiger partial charge in [0.1, 0.15) is 5.82 Å². The van der Waals surface area contributed by atoms with Crippen molar-refractivity contribution in [1.29, 1.82) is 0 Å². The van der Waals surface area contributed by atoms with Crippen molar-refractivity contribution in [3.8, 4) is 0 Å². The van der Waals surface area contributed by atoms with Crippen LogP contribution in [0.5, 0.6) is 0 Å². The summed E-state index contributed by atoms with van der Waals surface area (Å²) in [5, 5.41) is 4.39. The Labute approximate surface area is 113 Å². The van der Waals surface area contributed by atoms with Crippen molar-refractivity contribution in [1.82, 2.24) is 5.32 Å². The van der Waals surface area contributed by atoms with Crippen molar-refractivity contribution < 1.29 is 4.39 Å². The molecule has 0 aliphatic heterocycles. The molecule has 16 heavy (non-hydrogen) atoms. The van der Waals surface area contributed by atoms with Crippen LogP contribution in [0, 0.1) is 5.82 Å². The van der Waals surface area contributed by atoms with E-state index in [1.54, 1.807) is 6.07 Å². The SMILES string of the molecule is Fc1cccc(CNCCCCCBr)c1Br. The van der Waals surface area contributed by atoms with Crippen LogP contribution in [0.4, 0.5) is 4.39 Å². The van der Waals surface area contributed by atoms with Crippen LogP contribution in [0.3, 0.4) is 0 Å². The fourth-order valence-electron chi connectivity index (χ4n) is 1.43. The van der Waals surface area contributed by atoms with Crippen molar-refractivity contribution in [3.05, 3.63) is 34.1 Å². The summed E-state index contributed by atoms with van der Waals surface area (Å²) in [4.78, 5) is 0. The van der Waals surface area contributed by atoms with Gasteiger partial charge in [0.2, 0.25) is 0 Å². The Morgan fingerprint density at radius 2 is 2.00 bits per heavy atom. The Kier molecular flexibility index (Phi) is 7.25. The molecular formula is C12H16Br2FN. The summed E-state index contributed by atoms with van der Waals surface area (Å²) in [6.07, 6.45) is 3.60. The van der Waals surface area contributed by atoms with Crippen molar-refractivity contribution in [2.24, 2.45) is 0 Å². The van der Waals surface area contributed by atoms with E-state index in [0.717, 1.165) is 17.4 Å². The minimum Gasteiger partial charge on any atom is -0.313 e. The van der Waals surface area contributed by atoms with Crippen molar-refractivity contribution in [2.45, 2.75) is 25.8 Å². The Balaban J connectivity index is 2.24. The van der Waals surface area contributed by atoms with Gasteiger partial charge in [0.15, 0.2) is 0 Å². The maximum Gasteiger partial charge on any atom is 0.137 e. The standard InChI is InChI=1S/C12H16Br2FN/c13-7-2-1-3-8-16-9-10-5-4-6-11(15)12(10)14/h4-6,16H,1-3,7-9H2. The lowest BCUT2D eigenvalue weighted by atomic mass is 10.2. The highest BCUT2D eigenvalue weighted by atomic mass is 79.9. The minimum atomic E-state index is -0.196. The van der Waals surface area contributed by atoms with Crippen LogP contribution in [0.25, 0.3) is 0 Å². The molecule has 0 saturated carbocycles. The minimum absolute atomic E-state index is 0.196. The number of rotatable bonds is 7. The van der Waals surface area contributed by atoms with Crippen LogP contribution >= 0.6 is 31.9 Å². The molecule has 1 rings (SSSR count). The molecule has 0 aliphatic rings. The van der Waals surface area contributed by atoms with E-state index in [0.29, 0.717) is 11.0 Å². The fourth-order valence-corrected chi connectivity index (χ4v) is 2.23. The predicted molar refractivity (Wildman–Crippen MR) is 73.5 cm³/mol. The second-order valence-electron chi connectivity index (χ2n) is 3.64. The van der Waals surface area contributed by atoms with Crippen LogP contribution in [-0.2, 0) is 6.54 Å². The van der Waals surface area contributed by atoms with Gasteiger partial charge in [-0.1, -0.05) is 34.5 Å². The largest absolute Gasteiger partial charge is 0.313 e. The first kappa shape index (κ1) is 14.1. The third-order valence-electron chi connectivity index (χ3n) is 2.33. The molecule has 1 N–H and O–H groups in total. The van der Waals surface area contributed by atoms with E-state index in [9.17, 15) is 4.39 Å². The molecular weight excluding hydrogens is 337 g/mol. The molecule has 0 spiro atoms. The lowest BCUT2D eigenvalue weighted by molar-refractivity contribution is 0.600. The highest BCUT2D eigenvalue weighted by Crippen LogP contribution is 2.19. The third kappa shape index (κ3) is 4.93. The summed E-state index contributed by atoms with van der Waals surface area (Å²) in [6.45, 7) is 1.70. The molecule has 0 atom stereocenters. The second-order valence-corrected chi connectivity index (χ2v) is 5.23. The molecule has 0 amide bonds. The first-order valence-corrected chi connectivity index (χ1v) is 7.36. The van der Waals surface area contributed by atoms with E-state index in [4.69, 9.17) is 0 Å². The smallest absolute Gasteiger partial charge is 0.137 e. The van der Waals surface area contributed by atoms with Crippen molar-refractivity contribution >= 4 is 31.9 Å². The van der Waals surface area contributed by atoms with E-state index in [1.807, 2.05) is 6.07 Å². The molecule has 0 heterocycles. The molecule has 1 aromatic rings. The predicted octanol–water partition coefficient (Wildman–Crippen LogP) is 4.24. The van der Waals surface area contributed by atoms with Gasteiger partial charge < -0.3 is 5.32 Å². The monoisotopic (exact) mass is 351 g/mol. The first-order chi connectivity index (χ1) is 7.75. The van der Waals surface area contributed by atoms with E-state index >= 15 is 0 Å². The molecule has 0 radical (unpaired) electrons. The molecule has 0 fully saturated rings. The summed E-state index contributed by atoms with van der Waals surface area (Å²) >= 11 is 6.66. The number of halogens is 3. The molecule has 0 saturated heterocycles. The zero-order valence-corrected chi connectivity index (χ0v) is 12.3. The number of benzene rings is 1. The highest BCUT2D eigenvalue weighted by Gasteiger charge is 2.03. The lowest BCUT2D eigenvalue weighted by Gasteiger charge is -2.07. The summed E-state index contributed by atoms with van der Waals surface area (Å²) < 4.78 is 13.7. The van der Waals surface area contributed by atoms with Crippen LogP contribution in [0.1, 0.15) is 24.8 Å². The summed E-state index contributed by atoms with van der Waals surface area (Å²) in [5.41, 5.74) is 0.973. The average Bonchev–Trinajstić information content (AvgIpc) is 2.29. The van der Waals surface area contributed by atoms with Gasteiger partial charge in [-0.25, -0.2) is 4.39 Å². The Hall–Kier alpha value is 0.0700. The lowest BCUT2D eigenvalue weighted by Crippen LogP contribution is -2.15. The van der Waals surface area contributed by atoms with Gasteiger partial charge in [-0.2, -0.15) is 0 Å². The Bertz CT molecular complexity index is 318. The number of hydrogen-bond acceptors (Lipinski definition) is 1. The fraction of sp³-hybridized carbons (Fsp3) is 0.500. The molecule has 4 heteroatoms. The van der Waals surface area contributed by atoms with E-state index in [2.05, 4.69) is 37.2 Å². The molecule has 1 nitrogen and oxygen atoms in total. The number of hydrogen-bond donors (Lipinski definition) is 1. The molecule has 0 aromatic heterocycles. The first-order valence-electron chi connectivity index (χ1n) is 5.45. The van der Waals surface area contributed by atoms with E-state index in [-0.39, 0.29) is 5.82 Å². The third-order valence-corrected chi connectivity index (χ3v) is 3.78. The summed E-state index contributed by atoms with van der Waals surface area (Å²) in [6, 6.07) is 5.13. The second kappa shape index (κ2) is 8.20. The topological polar surface area (TPSA) is 12.0 Å².